The lowest BCUT2D eigenvalue weighted by Crippen LogP contribution is -2.33. The van der Waals surface area contributed by atoms with Crippen LogP contribution in [-0.2, 0) is 9.84 Å². The Morgan fingerprint density at radius 2 is 2.12 bits per heavy atom. The standard InChI is InChI=1S/C16H16ClFN4O3S/c1-22(11-4-5-26(24,25)9-11)15-8-19-14(7-20-15)16(23)21-10-2-3-13(18)12(17)6-10/h2-3,6-8,11H,4-5,9H2,1H3,(H,21,23). The number of halogens is 2. The quantitative estimate of drug-likeness (QED) is 0.848. The molecule has 2 aromatic rings. The summed E-state index contributed by atoms with van der Waals surface area (Å²) < 4.78 is 36.3. The third-order valence-electron chi connectivity index (χ3n) is 4.17. The Kier molecular flexibility index (Phi) is 5.10. The van der Waals surface area contributed by atoms with Gasteiger partial charge < -0.3 is 10.2 Å². The fourth-order valence-electron chi connectivity index (χ4n) is 2.66. The van der Waals surface area contributed by atoms with E-state index < -0.39 is 21.6 Å². The highest BCUT2D eigenvalue weighted by molar-refractivity contribution is 7.91. The number of rotatable bonds is 4. The number of amides is 1. The van der Waals surface area contributed by atoms with E-state index in [2.05, 4.69) is 15.3 Å². The maximum atomic E-state index is 13.1. The first-order valence-corrected chi connectivity index (χ1v) is 9.97. The van der Waals surface area contributed by atoms with Gasteiger partial charge in [-0.2, -0.15) is 0 Å². The SMILES string of the molecule is CN(c1cnc(C(=O)Nc2ccc(F)c(Cl)c2)cn1)C1CCS(=O)(=O)C1. The number of hydrogen-bond donors (Lipinski definition) is 1. The molecule has 1 N–H and O–H groups in total. The highest BCUT2D eigenvalue weighted by Gasteiger charge is 2.31. The summed E-state index contributed by atoms with van der Waals surface area (Å²) in [5.41, 5.74) is 0.405. The molecule has 2 heterocycles. The third-order valence-corrected chi connectivity index (χ3v) is 6.21. The second kappa shape index (κ2) is 7.16. The number of anilines is 2. The number of nitrogens with one attached hydrogen (secondary N) is 1. The van der Waals surface area contributed by atoms with Gasteiger partial charge in [-0.25, -0.2) is 22.8 Å². The zero-order chi connectivity index (χ0) is 18.9. The van der Waals surface area contributed by atoms with Crippen LogP contribution in [0.3, 0.4) is 0 Å². The number of carbonyl (C=O) groups is 1. The predicted molar refractivity (Wildman–Crippen MR) is 96.9 cm³/mol. The Bertz CT molecular complexity index is 937. The second-order valence-corrected chi connectivity index (χ2v) is 8.65. The fraction of sp³-hybridized carbons (Fsp3) is 0.312. The topological polar surface area (TPSA) is 92.3 Å². The lowest BCUT2D eigenvalue weighted by atomic mass is 10.2. The number of hydrogen-bond acceptors (Lipinski definition) is 6. The molecular formula is C16H16ClFN4O3S. The minimum atomic E-state index is -3.00. The molecular weight excluding hydrogens is 383 g/mol. The Hall–Kier alpha value is -2.26. The summed E-state index contributed by atoms with van der Waals surface area (Å²) in [5.74, 6) is -0.369. The van der Waals surface area contributed by atoms with Crippen LogP contribution in [0.4, 0.5) is 15.9 Å². The molecule has 138 valence electrons. The van der Waals surface area contributed by atoms with Crippen molar-refractivity contribution in [3.63, 3.8) is 0 Å². The molecule has 1 atom stereocenters. The van der Waals surface area contributed by atoms with Crippen LogP contribution < -0.4 is 10.2 Å². The summed E-state index contributed by atoms with van der Waals surface area (Å²) >= 11 is 5.68. The molecule has 1 aromatic heterocycles. The lowest BCUT2D eigenvalue weighted by Gasteiger charge is -2.23. The number of nitrogens with zero attached hydrogens (tertiary/aromatic N) is 3. The molecule has 0 aliphatic carbocycles. The normalized spacial score (nSPS) is 18.5. The van der Waals surface area contributed by atoms with Crippen molar-refractivity contribution in [3.8, 4) is 0 Å². The summed E-state index contributed by atoms with van der Waals surface area (Å²) in [5, 5.41) is 2.46. The van der Waals surface area contributed by atoms with Gasteiger partial charge in [-0.15, -0.1) is 0 Å². The van der Waals surface area contributed by atoms with Crippen LogP contribution in [0, 0.1) is 5.82 Å². The van der Waals surface area contributed by atoms with Crippen LogP contribution in [0.1, 0.15) is 16.9 Å². The van der Waals surface area contributed by atoms with E-state index in [1.165, 1.54) is 24.5 Å². The summed E-state index contributed by atoms with van der Waals surface area (Å²) in [6, 6.07) is 3.67. The first-order chi connectivity index (χ1) is 12.2. The number of aromatic nitrogens is 2. The molecule has 0 radical (unpaired) electrons. The van der Waals surface area contributed by atoms with Crippen LogP contribution in [0.5, 0.6) is 0 Å². The zero-order valence-corrected chi connectivity index (χ0v) is 15.4. The maximum absolute atomic E-state index is 13.1. The minimum absolute atomic E-state index is 0.0710. The first-order valence-electron chi connectivity index (χ1n) is 7.77. The van der Waals surface area contributed by atoms with Crippen molar-refractivity contribution in [2.24, 2.45) is 0 Å². The Labute approximate surface area is 155 Å². The Balaban J connectivity index is 1.68. The molecule has 1 amide bonds. The molecule has 1 saturated heterocycles. The van der Waals surface area contributed by atoms with E-state index >= 15 is 0 Å². The molecule has 0 bridgehead atoms. The van der Waals surface area contributed by atoms with Gasteiger partial charge in [0.1, 0.15) is 17.3 Å². The molecule has 1 fully saturated rings. The average molecular weight is 399 g/mol. The first kappa shape index (κ1) is 18.5. The predicted octanol–water partition coefficient (Wildman–Crippen LogP) is 2.14. The molecule has 0 saturated carbocycles. The molecule has 1 aromatic carbocycles. The highest BCUT2D eigenvalue weighted by Crippen LogP contribution is 2.22. The minimum Gasteiger partial charge on any atom is -0.354 e. The van der Waals surface area contributed by atoms with Crippen molar-refractivity contribution < 1.29 is 17.6 Å². The van der Waals surface area contributed by atoms with Crippen LogP contribution in [0.2, 0.25) is 5.02 Å². The molecule has 26 heavy (non-hydrogen) atoms. The van der Waals surface area contributed by atoms with Crippen LogP contribution >= 0.6 is 11.6 Å². The average Bonchev–Trinajstić information content (AvgIpc) is 2.97. The van der Waals surface area contributed by atoms with Crippen LogP contribution in [0.25, 0.3) is 0 Å². The van der Waals surface area contributed by atoms with E-state index in [9.17, 15) is 17.6 Å². The zero-order valence-electron chi connectivity index (χ0n) is 13.8. The maximum Gasteiger partial charge on any atom is 0.275 e. The van der Waals surface area contributed by atoms with Crippen molar-refractivity contribution in [1.82, 2.24) is 9.97 Å². The van der Waals surface area contributed by atoms with Gasteiger partial charge in [0.15, 0.2) is 9.84 Å². The van der Waals surface area contributed by atoms with E-state index in [-0.39, 0.29) is 28.3 Å². The van der Waals surface area contributed by atoms with E-state index in [4.69, 9.17) is 11.6 Å². The molecule has 10 heteroatoms. The third kappa shape index (κ3) is 4.10. The molecule has 1 aliphatic heterocycles. The van der Waals surface area contributed by atoms with Gasteiger partial charge in [-0.1, -0.05) is 11.6 Å². The molecule has 1 unspecified atom stereocenters. The van der Waals surface area contributed by atoms with E-state index in [1.807, 2.05) is 0 Å². The van der Waals surface area contributed by atoms with Gasteiger partial charge in [0, 0.05) is 18.8 Å². The van der Waals surface area contributed by atoms with Gasteiger partial charge in [0.2, 0.25) is 0 Å². The summed E-state index contributed by atoms with van der Waals surface area (Å²) in [7, 11) is -1.26. The summed E-state index contributed by atoms with van der Waals surface area (Å²) in [6.45, 7) is 0. The Morgan fingerprint density at radius 3 is 2.69 bits per heavy atom. The van der Waals surface area contributed by atoms with Gasteiger partial charge in [-0.05, 0) is 24.6 Å². The highest BCUT2D eigenvalue weighted by atomic mass is 35.5. The molecule has 1 aliphatic rings. The van der Waals surface area contributed by atoms with Crippen LogP contribution in [0.15, 0.2) is 30.6 Å². The Morgan fingerprint density at radius 1 is 1.35 bits per heavy atom. The molecule has 7 nitrogen and oxygen atoms in total. The van der Waals surface area contributed by atoms with Crippen molar-refractivity contribution in [1.29, 1.82) is 0 Å². The number of sulfone groups is 1. The number of carbonyl (C=O) groups excluding carboxylic acids is 1. The number of benzene rings is 1. The summed E-state index contributed by atoms with van der Waals surface area (Å²) in [4.78, 5) is 22.2. The van der Waals surface area contributed by atoms with E-state index in [1.54, 1.807) is 11.9 Å². The lowest BCUT2D eigenvalue weighted by molar-refractivity contribution is 0.102. The van der Waals surface area contributed by atoms with Crippen molar-refractivity contribution in [3.05, 3.63) is 47.1 Å². The molecule has 3 rings (SSSR count). The monoisotopic (exact) mass is 398 g/mol. The largest absolute Gasteiger partial charge is 0.354 e. The smallest absolute Gasteiger partial charge is 0.275 e. The van der Waals surface area contributed by atoms with Crippen molar-refractivity contribution in [2.75, 3.05) is 28.8 Å². The fourth-order valence-corrected chi connectivity index (χ4v) is 4.61. The van der Waals surface area contributed by atoms with E-state index in [0.717, 1.165) is 6.07 Å². The van der Waals surface area contributed by atoms with Crippen molar-refractivity contribution in [2.45, 2.75) is 12.5 Å². The van der Waals surface area contributed by atoms with Crippen molar-refractivity contribution >= 4 is 38.9 Å². The van der Waals surface area contributed by atoms with E-state index in [0.29, 0.717) is 17.9 Å². The van der Waals surface area contributed by atoms with Gasteiger partial charge >= 0.3 is 0 Å². The van der Waals surface area contributed by atoms with Gasteiger partial charge in [0.05, 0.1) is 28.9 Å². The van der Waals surface area contributed by atoms with Crippen LogP contribution in [-0.4, -0.2) is 48.9 Å². The molecule has 0 spiro atoms. The van der Waals surface area contributed by atoms with Gasteiger partial charge in [0.25, 0.3) is 5.91 Å². The second-order valence-electron chi connectivity index (χ2n) is 6.01. The summed E-state index contributed by atoms with van der Waals surface area (Å²) in [6.07, 6.45) is 3.25. The van der Waals surface area contributed by atoms with Gasteiger partial charge in [-0.3, -0.25) is 4.79 Å².